The third-order valence-corrected chi connectivity index (χ3v) is 5.37. The molecule has 4 rings (SSSR count). The number of aromatic nitrogens is 3. The minimum Gasteiger partial charge on any atom is -0.353 e. The normalized spacial score (nSPS) is 17.4. The molecule has 2 saturated heterocycles. The van der Waals surface area contributed by atoms with E-state index >= 15 is 0 Å². The average Bonchev–Trinajstić information content (AvgIpc) is 2.79. The van der Waals surface area contributed by atoms with Crippen LogP contribution in [0.2, 0.25) is 0 Å². The highest BCUT2D eigenvalue weighted by molar-refractivity contribution is 5.93. The quantitative estimate of drug-likeness (QED) is 0.694. The van der Waals surface area contributed by atoms with Gasteiger partial charge < -0.3 is 19.6 Å². The molecule has 9 nitrogen and oxygen atoms in total. The predicted octanol–water partition coefficient (Wildman–Crippen LogP) is 0.421. The molecule has 0 N–H and O–H groups in total. The summed E-state index contributed by atoms with van der Waals surface area (Å²) in [6.45, 7) is 7.27. The zero-order chi connectivity index (χ0) is 20.2. The molecule has 29 heavy (non-hydrogen) atoms. The molecule has 0 unspecified atom stereocenters. The van der Waals surface area contributed by atoms with Crippen molar-refractivity contribution in [1.82, 2.24) is 24.8 Å². The van der Waals surface area contributed by atoms with Gasteiger partial charge in [0.05, 0.1) is 0 Å². The Morgan fingerprint density at radius 3 is 2.28 bits per heavy atom. The number of rotatable bonds is 4. The van der Waals surface area contributed by atoms with Crippen LogP contribution in [-0.2, 0) is 4.79 Å². The number of anilines is 2. The van der Waals surface area contributed by atoms with E-state index in [1.54, 1.807) is 24.1 Å². The number of hydrogen-bond donors (Lipinski definition) is 0. The number of piperazine rings is 2. The number of amides is 2. The van der Waals surface area contributed by atoms with E-state index < -0.39 is 0 Å². The van der Waals surface area contributed by atoms with Crippen LogP contribution >= 0.6 is 0 Å². The molecular weight excluding hydrogens is 370 g/mol. The summed E-state index contributed by atoms with van der Waals surface area (Å²) in [4.78, 5) is 45.1. The van der Waals surface area contributed by atoms with E-state index in [9.17, 15) is 9.59 Å². The van der Waals surface area contributed by atoms with Gasteiger partial charge >= 0.3 is 0 Å². The Kier molecular flexibility index (Phi) is 5.55. The lowest BCUT2D eigenvalue weighted by atomic mass is 10.2. The second kappa shape index (κ2) is 8.42. The number of carbonyl (C=O) groups is 2. The van der Waals surface area contributed by atoms with E-state index in [0.29, 0.717) is 50.8 Å². The molecule has 0 bridgehead atoms. The van der Waals surface area contributed by atoms with E-state index in [-0.39, 0.29) is 5.91 Å². The van der Waals surface area contributed by atoms with Crippen molar-refractivity contribution in [3.8, 4) is 0 Å². The molecule has 9 heteroatoms. The van der Waals surface area contributed by atoms with Crippen molar-refractivity contribution < 1.29 is 9.59 Å². The maximum atomic E-state index is 13.1. The molecule has 0 radical (unpaired) electrons. The van der Waals surface area contributed by atoms with E-state index in [2.05, 4.69) is 24.8 Å². The second-order valence-electron chi connectivity index (χ2n) is 7.25. The Morgan fingerprint density at radius 1 is 0.931 bits per heavy atom. The highest BCUT2D eigenvalue weighted by Gasteiger charge is 2.25. The highest BCUT2D eigenvalue weighted by atomic mass is 16.2. The van der Waals surface area contributed by atoms with Crippen molar-refractivity contribution in [1.29, 1.82) is 0 Å². The first kappa shape index (κ1) is 19.1. The van der Waals surface area contributed by atoms with Crippen molar-refractivity contribution in [3.05, 3.63) is 42.0 Å². The van der Waals surface area contributed by atoms with Gasteiger partial charge in [0.1, 0.15) is 23.2 Å². The summed E-state index contributed by atoms with van der Waals surface area (Å²) in [7, 11) is 0. The third-order valence-electron chi connectivity index (χ3n) is 5.37. The van der Waals surface area contributed by atoms with Gasteiger partial charge in [-0.1, -0.05) is 6.07 Å². The van der Waals surface area contributed by atoms with Crippen molar-refractivity contribution in [2.45, 2.75) is 6.92 Å². The average molecular weight is 395 g/mol. The molecule has 0 aliphatic carbocycles. The molecule has 0 aromatic carbocycles. The van der Waals surface area contributed by atoms with Crippen molar-refractivity contribution in [3.63, 3.8) is 0 Å². The molecule has 2 aromatic rings. The summed E-state index contributed by atoms with van der Waals surface area (Å²) in [5.74, 6) is 2.20. The molecule has 0 atom stereocenters. The van der Waals surface area contributed by atoms with E-state index in [0.717, 1.165) is 31.1 Å². The summed E-state index contributed by atoms with van der Waals surface area (Å²) < 4.78 is 0. The lowest BCUT2D eigenvalue weighted by molar-refractivity contribution is -0.118. The first-order valence-electron chi connectivity index (χ1n) is 9.89. The first-order chi connectivity index (χ1) is 14.1. The minimum atomic E-state index is -0.0658. The van der Waals surface area contributed by atoms with E-state index in [1.807, 2.05) is 23.1 Å². The fourth-order valence-corrected chi connectivity index (χ4v) is 3.72. The van der Waals surface area contributed by atoms with Crippen LogP contribution < -0.4 is 9.80 Å². The predicted molar refractivity (Wildman–Crippen MR) is 109 cm³/mol. The van der Waals surface area contributed by atoms with Gasteiger partial charge in [-0.15, -0.1) is 0 Å². The molecule has 2 aromatic heterocycles. The smallest absolute Gasteiger partial charge is 0.272 e. The maximum absolute atomic E-state index is 13.1. The van der Waals surface area contributed by atoms with Crippen LogP contribution in [0, 0.1) is 6.92 Å². The Labute approximate surface area is 170 Å². The zero-order valence-corrected chi connectivity index (χ0v) is 16.6. The van der Waals surface area contributed by atoms with Gasteiger partial charge in [0.25, 0.3) is 5.91 Å². The lowest BCUT2D eigenvalue weighted by Crippen LogP contribution is -2.49. The first-order valence-corrected chi connectivity index (χ1v) is 9.89. The van der Waals surface area contributed by atoms with Gasteiger partial charge in [-0.05, 0) is 19.1 Å². The minimum absolute atomic E-state index is 0.0658. The van der Waals surface area contributed by atoms with Gasteiger partial charge in [0.2, 0.25) is 6.41 Å². The Balaban J connectivity index is 1.43. The van der Waals surface area contributed by atoms with Crippen LogP contribution in [0.3, 0.4) is 0 Å². The molecule has 2 aliphatic heterocycles. The van der Waals surface area contributed by atoms with Crippen LogP contribution in [0.5, 0.6) is 0 Å². The molecule has 2 aliphatic rings. The molecular formula is C20H25N7O2. The van der Waals surface area contributed by atoms with Gasteiger partial charge in [-0.2, -0.15) is 0 Å². The molecule has 152 valence electrons. The molecule has 0 spiro atoms. The van der Waals surface area contributed by atoms with Crippen LogP contribution in [0.1, 0.15) is 16.3 Å². The summed E-state index contributed by atoms with van der Waals surface area (Å²) in [6, 6.07) is 7.63. The number of hydrogen-bond acceptors (Lipinski definition) is 7. The highest BCUT2D eigenvalue weighted by Crippen LogP contribution is 2.18. The van der Waals surface area contributed by atoms with Crippen LogP contribution in [0.25, 0.3) is 0 Å². The Hall–Kier alpha value is -3.23. The molecule has 2 fully saturated rings. The van der Waals surface area contributed by atoms with Gasteiger partial charge in [0.15, 0.2) is 0 Å². The lowest BCUT2D eigenvalue weighted by Gasteiger charge is -2.35. The zero-order valence-electron chi connectivity index (χ0n) is 16.6. The SMILES string of the molecule is Cc1nc(C(=O)N2CCN(c3ccccn3)CC2)cc(N2CCN(C=O)CC2)n1. The number of carbonyl (C=O) groups excluding carboxylic acids is 2. The Morgan fingerprint density at radius 2 is 1.62 bits per heavy atom. The summed E-state index contributed by atoms with van der Waals surface area (Å²) in [6.07, 6.45) is 2.66. The van der Waals surface area contributed by atoms with Crippen LogP contribution in [0.4, 0.5) is 11.6 Å². The standard InChI is InChI=1S/C20H25N7O2/c1-16-22-17(14-19(23-16)26-8-6-24(15-28)7-9-26)20(29)27-12-10-25(11-13-27)18-4-2-3-5-21-18/h2-5,14-15H,6-13H2,1H3. The topological polar surface area (TPSA) is 85.8 Å². The number of aryl methyl sites for hydroxylation is 1. The maximum Gasteiger partial charge on any atom is 0.272 e. The number of pyridine rings is 1. The monoisotopic (exact) mass is 395 g/mol. The van der Waals surface area contributed by atoms with E-state index in [1.165, 1.54) is 0 Å². The van der Waals surface area contributed by atoms with Crippen LogP contribution in [0.15, 0.2) is 30.5 Å². The molecule has 0 saturated carbocycles. The summed E-state index contributed by atoms with van der Waals surface area (Å²) in [5.41, 5.74) is 0.427. The van der Waals surface area contributed by atoms with Crippen LogP contribution in [-0.4, -0.2) is 89.4 Å². The van der Waals surface area contributed by atoms with Crippen molar-refractivity contribution in [2.24, 2.45) is 0 Å². The van der Waals surface area contributed by atoms with Crippen molar-refractivity contribution in [2.75, 3.05) is 62.2 Å². The van der Waals surface area contributed by atoms with Gasteiger partial charge in [-0.3, -0.25) is 9.59 Å². The molecule has 4 heterocycles. The summed E-state index contributed by atoms with van der Waals surface area (Å²) in [5, 5.41) is 0. The third kappa shape index (κ3) is 4.28. The second-order valence-corrected chi connectivity index (χ2v) is 7.25. The fourth-order valence-electron chi connectivity index (χ4n) is 3.72. The van der Waals surface area contributed by atoms with Gasteiger partial charge in [-0.25, -0.2) is 15.0 Å². The fraction of sp³-hybridized carbons (Fsp3) is 0.450. The largest absolute Gasteiger partial charge is 0.353 e. The Bertz CT molecular complexity index is 860. The van der Waals surface area contributed by atoms with Crippen molar-refractivity contribution >= 4 is 24.0 Å². The number of nitrogens with zero attached hydrogens (tertiary/aromatic N) is 7. The molecule has 2 amide bonds. The van der Waals surface area contributed by atoms with E-state index in [4.69, 9.17) is 0 Å². The van der Waals surface area contributed by atoms with Gasteiger partial charge in [0, 0.05) is 64.6 Å². The summed E-state index contributed by atoms with van der Waals surface area (Å²) >= 11 is 0.